The van der Waals surface area contributed by atoms with Crippen molar-refractivity contribution in [1.29, 1.82) is 0 Å². The molecule has 4 heteroatoms. The standard InChI is InChI=1S/C13H20N2O2/c1-10(2)15(13(16)8-14)9-11-6-4-5-7-12(11)17-3/h4-7,10H,8-9,14H2,1-3H3. The van der Waals surface area contributed by atoms with Gasteiger partial charge in [-0.2, -0.15) is 0 Å². The van der Waals surface area contributed by atoms with E-state index in [2.05, 4.69) is 0 Å². The number of hydrogen-bond donors (Lipinski definition) is 1. The van der Waals surface area contributed by atoms with Gasteiger partial charge in [-0.1, -0.05) is 18.2 Å². The number of carbonyl (C=O) groups excluding carboxylic acids is 1. The van der Waals surface area contributed by atoms with Crippen LogP contribution in [0.25, 0.3) is 0 Å². The fourth-order valence-electron chi connectivity index (χ4n) is 1.69. The van der Waals surface area contributed by atoms with E-state index in [0.717, 1.165) is 11.3 Å². The van der Waals surface area contributed by atoms with E-state index in [9.17, 15) is 4.79 Å². The summed E-state index contributed by atoms with van der Waals surface area (Å²) < 4.78 is 5.27. The zero-order valence-electron chi connectivity index (χ0n) is 10.6. The summed E-state index contributed by atoms with van der Waals surface area (Å²) in [6.07, 6.45) is 0. The van der Waals surface area contributed by atoms with Crippen molar-refractivity contribution < 1.29 is 9.53 Å². The second-order valence-electron chi connectivity index (χ2n) is 4.13. The van der Waals surface area contributed by atoms with E-state index in [0.29, 0.717) is 6.54 Å². The van der Waals surface area contributed by atoms with Crippen LogP contribution in [0.1, 0.15) is 19.4 Å². The van der Waals surface area contributed by atoms with Gasteiger partial charge in [-0.25, -0.2) is 0 Å². The van der Waals surface area contributed by atoms with Gasteiger partial charge in [0.15, 0.2) is 0 Å². The van der Waals surface area contributed by atoms with Crippen LogP contribution in [-0.4, -0.2) is 30.5 Å². The van der Waals surface area contributed by atoms with Crippen molar-refractivity contribution in [2.75, 3.05) is 13.7 Å². The van der Waals surface area contributed by atoms with Crippen LogP contribution in [0.4, 0.5) is 0 Å². The van der Waals surface area contributed by atoms with Crippen molar-refractivity contribution in [2.45, 2.75) is 26.4 Å². The zero-order chi connectivity index (χ0) is 12.8. The third kappa shape index (κ3) is 3.46. The molecule has 0 atom stereocenters. The van der Waals surface area contributed by atoms with Crippen LogP contribution in [0, 0.1) is 0 Å². The average molecular weight is 236 g/mol. The predicted molar refractivity (Wildman–Crippen MR) is 67.7 cm³/mol. The minimum Gasteiger partial charge on any atom is -0.496 e. The molecule has 0 aliphatic heterocycles. The van der Waals surface area contributed by atoms with E-state index in [1.807, 2.05) is 38.1 Å². The molecule has 1 aromatic carbocycles. The molecule has 0 aromatic heterocycles. The van der Waals surface area contributed by atoms with Gasteiger partial charge in [0.05, 0.1) is 13.7 Å². The zero-order valence-corrected chi connectivity index (χ0v) is 10.6. The molecule has 0 aliphatic rings. The lowest BCUT2D eigenvalue weighted by Crippen LogP contribution is -2.40. The summed E-state index contributed by atoms with van der Waals surface area (Å²) in [5.41, 5.74) is 6.40. The largest absolute Gasteiger partial charge is 0.496 e. The maximum atomic E-state index is 11.7. The Morgan fingerprint density at radius 3 is 2.59 bits per heavy atom. The molecule has 1 aromatic rings. The van der Waals surface area contributed by atoms with Gasteiger partial charge in [0.2, 0.25) is 5.91 Å². The summed E-state index contributed by atoms with van der Waals surface area (Å²) in [7, 11) is 1.63. The second-order valence-corrected chi connectivity index (χ2v) is 4.13. The first-order chi connectivity index (χ1) is 8.10. The van der Waals surface area contributed by atoms with Crippen LogP contribution in [0.15, 0.2) is 24.3 Å². The molecular formula is C13H20N2O2. The van der Waals surface area contributed by atoms with E-state index in [1.54, 1.807) is 12.0 Å². The van der Waals surface area contributed by atoms with Crippen molar-refractivity contribution in [3.63, 3.8) is 0 Å². The number of methoxy groups -OCH3 is 1. The van der Waals surface area contributed by atoms with Crippen molar-refractivity contribution in [2.24, 2.45) is 5.73 Å². The van der Waals surface area contributed by atoms with Crippen LogP contribution in [0.3, 0.4) is 0 Å². The third-order valence-corrected chi connectivity index (χ3v) is 2.65. The molecule has 0 heterocycles. The monoisotopic (exact) mass is 236 g/mol. The van der Waals surface area contributed by atoms with E-state index < -0.39 is 0 Å². The van der Waals surface area contributed by atoms with E-state index in [4.69, 9.17) is 10.5 Å². The fraction of sp³-hybridized carbons (Fsp3) is 0.462. The van der Waals surface area contributed by atoms with Crippen molar-refractivity contribution >= 4 is 5.91 Å². The van der Waals surface area contributed by atoms with Gasteiger partial charge in [-0.05, 0) is 19.9 Å². The Bertz CT molecular complexity index is 377. The molecule has 0 saturated carbocycles. The minimum atomic E-state index is -0.0501. The molecule has 1 amide bonds. The van der Waals surface area contributed by atoms with Crippen LogP contribution < -0.4 is 10.5 Å². The van der Waals surface area contributed by atoms with Crippen LogP contribution in [0.2, 0.25) is 0 Å². The molecule has 0 unspecified atom stereocenters. The summed E-state index contributed by atoms with van der Waals surface area (Å²) >= 11 is 0. The number of hydrogen-bond acceptors (Lipinski definition) is 3. The lowest BCUT2D eigenvalue weighted by Gasteiger charge is -2.27. The molecule has 2 N–H and O–H groups in total. The first-order valence-corrected chi connectivity index (χ1v) is 5.71. The summed E-state index contributed by atoms with van der Waals surface area (Å²) in [6.45, 7) is 4.51. The highest BCUT2D eigenvalue weighted by Crippen LogP contribution is 2.20. The van der Waals surface area contributed by atoms with Crippen LogP contribution >= 0.6 is 0 Å². The number of benzene rings is 1. The van der Waals surface area contributed by atoms with E-state index in [-0.39, 0.29) is 18.5 Å². The van der Waals surface area contributed by atoms with Gasteiger partial charge >= 0.3 is 0 Å². The lowest BCUT2D eigenvalue weighted by atomic mass is 10.1. The second kappa shape index (κ2) is 6.25. The highest BCUT2D eigenvalue weighted by molar-refractivity contribution is 5.78. The average Bonchev–Trinajstić information content (AvgIpc) is 2.35. The molecule has 94 valence electrons. The van der Waals surface area contributed by atoms with Gasteiger partial charge in [-0.15, -0.1) is 0 Å². The fourth-order valence-corrected chi connectivity index (χ4v) is 1.69. The van der Waals surface area contributed by atoms with Gasteiger partial charge in [0.1, 0.15) is 5.75 Å². The number of rotatable bonds is 5. The molecule has 0 spiro atoms. The maximum absolute atomic E-state index is 11.7. The van der Waals surface area contributed by atoms with Crippen LogP contribution in [0.5, 0.6) is 5.75 Å². The highest BCUT2D eigenvalue weighted by Gasteiger charge is 2.17. The summed E-state index contributed by atoms with van der Waals surface area (Å²) in [5, 5.41) is 0. The Morgan fingerprint density at radius 1 is 1.41 bits per heavy atom. The first-order valence-electron chi connectivity index (χ1n) is 5.71. The Labute approximate surface area is 102 Å². The summed E-state index contributed by atoms with van der Waals surface area (Å²) in [5.74, 6) is 0.744. The number of nitrogens with zero attached hydrogens (tertiary/aromatic N) is 1. The number of nitrogens with two attached hydrogens (primary N) is 1. The molecule has 0 fully saturated rings. The first kappa shape index (κ1) is 13.5. The van der Waals surface area contributed by atoms with Gasteiger partial charge in [-0.3, -0.25) is 4.79 Å². The van der Waals surface area contributed by atoms with E-state index >= 15 is 0 Å². The van der Waals surface area contributed by atoms with E-state index in [1.165, 1.54) is 0 Å². The number of carbonyl (C=O) groups is 1. The Morgan fingerprint density at radius 2 is 2.06 bits per heavy atom. The molecule has 17 heavy (non-hydrogen) atoms. The summed E-state index contributed by atoms with van der Waals surface area (Å²) in [6, 6.07) is 7.81. The number of para-hydroxylation sites is 1. The summed E-state index contributed by atoms with van der Waals surface area (Å²) in [4.78, 5) is 13.5. The number of amides is 1. The normalized spacial score (nSPS) is 10.4. The van der Waals surface area contributed by atoms with Gasteiger partial charge in [0, 0.05) is 18.2 Å². The van der Waals surface area contributed by atoms with Crippen molar-refractivity contribution in [3.05, 3.63) is 29.8 Å². The Kier molecular flexibility index (Phi) is 4.97. The lowest BCUT2D eigenvalue weighted by molar-refractivity contribution is -0.132. The number of ether oxygens (including phenoxy) is 1. The Hall–Kier alpha value is -1.55. The predicted octanol–water partition coefficient (Wildman–Crippen LogP) is 1.39. The highest BCUT2D eigenvalue weighted by atomic mass is 16.5. The van der Waals surface area contributed by atoms with Crippen molar-refractivity contribution in [3.8, 4) is 5.75 Å². The minimum absolute atomic E-state index is 0.0350. The third-order valence-electron chi connectivity index (χ3n) is 2.65. The smallest absolute Gasteiger partial charge is 0.236 e. The molecule has 0 aliphatic carbocycles. The van der Waals surface area contributed by atoms with Gasteiger partial charge < -0.3 is 15.4 Å². The molecule has 0 saturated heterocycles. The molecule has 0 bridgehead atoms. The van der Waals surface area contributed by atoms with Crippen molar-refractivity contribution in [1.82, 2.24) is 4.90 Å². The Balaban J connectivity index is 2.89. The molecule has 4 nitrogen and oxygen atoms in total. The molecule has 1 rings (SSSR count). The molecule has 0 radical (unpaired) electrons. The topological polar surface area (TPSA) is 55.6 Å². The van der Waals surface area contributed by atoms with Crippen LogP contribution in [-0.2, 0) is 11.3 Å². The SMILES string of the molecule is COc1ccccc1CN(C(=O)CN)C(C)C. The quantitative estimate of drug-likeness (QED) is 0.840. The molecular weight excluding hydrogens is 216 g/mol. The van der Waals surface area contributed by atoms with Gasteiger partial charge in [0.25, 0.3) is 0 Å². The maximum Gasteiger partial charge on any atom is 0.236 e.